The maximum Gasteiger partial charge on any atom is 0.0664 e. The lowest BCUT2D eigenvalue weighted by Crippen LogP contribution is -2.32. The van der Waals surface area contributed by atoms with Crippen LogP contribution in [0, 0.1) is 0 Å². The molecule has 0 bridgehead atoms. The van der Waals surface area contributed by atoms with Crippen LogP contribution in [0.25, 0.3) is 33.9 Å². The maximum atomic E-state index is 2.51. The molecule has 0 heterocycles. The van der Waals surface area contributed by atoms with Crippen LogP contribution in [0.15, 0.2) is 212 Å². The monoisotopic (exact) mass is 881 g/mol. The first kappa shape index (κ1) is 44.6. The summed E-state index contributed by atoms with van der Waals surface area (Å²) in [5, 5.41) is 0. The average Bonchev–Trinajstić information content (AvgIpc) is 3.90. The van der Waals surface area contributed by atoms with Crippen molar-refractivity contribution in [2.24, 2.45) is 0 Å². The summed E-state index contributed by atoms with van der Waals surface area (Å²) in [7, 11) is 0. The molecule has 0 saturated heterocycles. The van der Waals surface area contributed by atoms with Gasteiger partial charge in [-0.25, -0.2) is 0 Å². The summed E-state index contributed by atoms with van der Waals surface area (Å²) in [6, 6.07) is 71.3. The predicted molar refractivity (Wildman–Crippen MR) is 291 cm³/mol. The number of hydrogen-bond acceptors (Lipinski definition) is 1. The fourth-order valence-corrected chi connectivity index (χ4v) is 11.6. The Kier molecular flexibility index (Phi) is 12.3. The molecule has 8 aromatic rings. The Bertz CT molecular complexity index is 3190. The molecule has 0 N–H and O–H groups in total. The van der Waals surface area contributed by atoms with E-state index in [0.29, 0.717) is 0 Å². The molecule has 12 rings (SSSR count). The second-order valence-electron chi connectivity index (χ2n) is 18.7. The zero-order chi connectivity index (χ0) is 46.8. The van der Waals surface area contributed by atoms with Crippen molar-refractivity contribution in [2.75, 3.05) is 4.90 Å². The molecule has 0 aliphatic heterocycles. The Hall–Kier alpha value is -7.22. The fourth-order valence-electron chi connectivity index (χ4n) is 11.6. The van der Waals surface area contributed by atoms with Gasteiger partial charge in [0.1, 0.15) is 0 Å². The van der Waals surface area contributed by atoms with E-state index in [1.54, 1.807) is 0 Å². The molecule has 0 aromatic heterocycles. The zero-order valence-electron chi connectivity index (χ0n) is 40.7. The lowest BCUT2D eigenvalue weighted by Gasteiger charge is -2.40. The van der Waals surface area contributed by atoms with Crippen LogP contribution in [0.4, 0.5) is 17.1 Å². The van der Waals surface area contributed by atoms with Gasteiger partial charge in [-0.2, -0.15) is 0 Å². The van der Waals surface area contributed by atoms with Crippen molar-refractivity contribution in [3.63, 3.8) is 0 Å². The highest BCUT2D eigenvalue weighted by atomic mass is 15.1. The SMILES string of the molecule is CC.CC.CC1(C)c2ccccc2-c2ccc(N(c3ccc(C4=Cc5ccccc5CC4)cc3)c3ccc(C(C4=CC=CCC4)(c4ccccc4)c4ccc5c(c4)-c4ccccc4C5)cc3)cc21. The van der Waals surface area contributed by atoms with Crippen molar-refractivity contribution in [3.05, 3.63) is 267 Å². The molecule has 0 spiro atoms. The minimum Gasteiger partial charge on any atom is -0.310 e. The van der Waals surface area contributed by atoms with Crippen LogP contribution >= 0.6 is 0 Å². The number of rotatable bonds is 8. The summed E-state index contributed by atoms with van der Waals surface area (Å²) >= 11 is 0. The minimum atomic E-state index is -0.487. The van der Waals surface area contributed by atoms with Gasteiger partial charge in [0, 0.05) is 22.5 Å². The molecule has 68 heavy (non-hydrogen) atoms. The van der Waals surface area contributed by atoms with Crippen LogP contribution in [0.5, 0.6) is 0 Å². The van der Waals surface area contributed by atoms with Gasteiger partial charge in [0.2, 0.25) is 0 Å². The molecule has 8 aromatic carbocycles. The number of benzene rings is 8. The summed E-state index contributed by atoms with van der Waals surface area (Å²) in [6.07, 6.45) is 14.5. The van der Waals surface area contributed by atoms with Gasteiger partial charge in [-0.1, -0.05) is 217 Å². The molecular weight excluding hydrogens is 819 g/mol. The fraction of sp³-hybridized carbons (Fsp3) is 0.194. The van der Waals surface area contributed by atoms with E-state index < -0.39 is 5.41 Å². The smallest absolute Gasteiger partial charge is 0.0664 e. The molecule has 0 amide bonds. The second-order valence-corrected chi connectivity index (χ2v) is 18.7. The zero-order valence-corrected chi connectivity index (χ0v) is 40.7. The summed E-state index contributed by atoms with van der Waals surface area (Å²) in [5.74, 6) is 0. The average molecular weight is 882 g/mol. The lowest BCUT2D eigenvalue weighted by molar-refractivity contribution is 0.660. The number of nitrogens with zero attached hydrogens (tertiary/aromatic N) is 1. The van der Waals surface area contributed by atoms with Crippen LogP contribution in [-0.2, 0) is 23.7 Å². The van der Waals surface area contributed by atoms with Crippen molar-refractivity contribution >= 4 is 28.7 Å². The largest absolute Gasteiger partial charge is 0.310 e. The van der Waals surface area contributed by atoms with E-state index in [1.165, 1.54) is 89.0 Å². The topological polar surface area (TPSA) is 3.24 Å². The third-order valence-electron chi connectivity index (χ3n) is 14.9. The van der Waals surface area contributed by atoms with Gasteiger partial charge < -0.3 is 4.90 Å². The van der Waals surface area contributed by atoms with E-state index in [9.17, 15) is 0 Å². The molecule has 336 valence electrons. The standard InChI is InChI=1S/C63H51N.2C2H6/c1-62(2)60-24-14-13-23-57(60)58-38-37-55(42-61(58)62)64(53-33-28-44(29-34-53)46-26-25-43-15-9-10-16-45(43)39-46)54-35-31-51(32-36-54)63(49-18-5-3-6-19-49,50-20-7-4-8-21-50)52-30-27-48-40-47-17-11-12-22-56(47)59(48)41-52;2*1-2/h3-7,9-20,22-24,27-39,41-42H,8,21,25-26,40H2,1-2H3;2*1-2H3. The quantitative estimate of drug-likeness (QED) is 0.137. The van der Waals surface area contributed by atoms with Crippen molar-refractivity contribution in [1.82, 2.24) is 0 Å². The maximum absolute atomic E-state index is 2.51. The van der Waals surface area contributed by atoms with E-state index >= 15 is 0 Å². The van der Waals surface area contributed by atoms with Crippen molar-refractivity contribution < 1.29 is 0 Å². The van der Waals surface area contributed by atoms with Crippen molar-refractivity contribution in [1.29, 1.82) is 0 Å². The van der Waals surface area contributed by atoms with Crippen molar-refractivity contribution in [2.45, 2.75) is 84.5 Å². The van der Waals surface area contributed by atoms with Gasteiger partial charge in [0.25, 0.3) is 0 Å². The van der Waals surface area contributed by atoms with E-state index in [0.717, 1.165) is 49.2 Å². The molecule has 4 aliphatic carbocycles. The highest BCUT2D eigenvalue weighted by Crippen LogP contribution is 2.53. The highest BCUT2D eigenvalue weighted by Gasteiger charge is 2.41. The highest BCUT2D eigenvalue weighted by molar-refractivity contribution is 5.88. The summed E-state index contributed by atoms with van der Waals surface area (Å²) in [4.78, 5) is 2.47. The van der Waals surface area contributed by atoms with E-state index in [1.807, 2.05) is 27.7 Å². The number of fused-ring (bicyclic) bond motifs is 7. The van der Waals surface area contributed by atoms with E-state index in [4.69, 9.17) is 0 Å². The molecule has 4 aliphatic rings. The molecular formula is C67H63N. The second kappa shape index (κ2) is 18.8. The Labute approximate surface area is 405 Å². The Balaban J connectivity index is 0.00000131. The molecule has 1 atom stereocenters. The van der Waals surface area contributed by atoms with Crippen LogP contribution < -0.4 is 4.90 Å². The molecule has 0 radical (unpaired) electrons. The molecule has 1 unspecified atom stereocenters. The number of allylic oxidation sites excluding steroid dienone is 5. The predicted octanol–water partition coefficient (Wildman–Crippen LogP) is 18.2. The van der Waals surface area contributed by atoms with Gasteiger partial charge in [-0.15, -0.1) is 0 Å². The first-order valence-corrected chi connectivity index (χ1v) is 25.1. The Morgan fingerprint density at radius 3 is 1.81 bits per heavy atom. The van der Waals surface area contributed by atoms with Crippen LogP contribution in [-0.4, -0.2) is 0 Å². The molecule has 1 nitrogen and oxygen atoms in total. The van der Waals surface area contributed by atoms with Gasteiger partial charge in [0.15, 0.2) is 0 Å². The first-order chi connectivity index (χ1) is 33.5. The summed E-state index contributed by atoms with van der Waals surface area (Å²) in [5.41, 5.74) is 24.6. The molecule has 1 heteroatoms. The van der Waals surface area contributed by atoms with Gasteiger partial charge in [-0.3, -0.25) is 0 Å². The van der Waals surface area contributed by atoms with Crippen LogP contribution in [0.1, 0.15) is 116 Å². The third kappa shape index (κ3) is 7.59. The Morgan fingerprint density at radius 2 is 1.06 bits per heavy atom. The van der Waals surface area contributed by atoms with E-state index in [-0.39, 0.29) is 5.41 Å². The van der Waals surface area contributed by atoms with Crippen molar-refractivity contribution in [3.8, 4) is 22.3 Å². The first-order valence-electron chi connectivity index (χ1n) is 25.1. The summed E-state index contributed by atoms with van der Waals surface area (Å²) < 4.78 is 0. The summed E-state index contributed by atoms with van der Waals surface area (Å²) in [6.45, 7) is 12.8. The van der Waals surface area contributed by atoms with E-state index in [2.05, 4.69) is 231 Å². The van der Waals surface area contributed by atoms with Gasteiger partial charge in [-0.05, 0) is 158 Å². The van der Waals surface area contributed by atoms with Crippen LogP contribution in [0.2, 0.25) is 0 Å². The molecule has 0 fully saturated rings. The number of anilines is 3. The van der Waals surface area contributed by atoms with Gasteiger partial charge >= 0.3 is 0 Å². The third-order valence-corrected chi connectivity index (χ3v) is 14.9. The van der Waals surface area contributed by atoms with Gasteiger partial charge in [0.05, 0.1) is 5.41 Å². The normalized spacial score (nSPS) is 15.3. The lowest BCUT2D eigenvalue weighted by atomic mass is 9.62. The molecule has 0 saturated carbocycles. The minimum absolute atomic E-state index is 0.112. The number of aryl methyl sites for hydroxylation is 1. The Morgan fingerprint density at radius 1 is 0.456 bits per heavy atom. The van der Waals surface area contributed by atoms with Crippen LogP contribution in [0.3, 0.4) is 0 Å². The number of hydrogen-bond donors (Lipinski definition) is 0.